The van der Waals surface area contributed by atoms with Gasteiger partial charge in [-0.05, 0) is 41.6 Å². The van der Waals surface area contributed by atoms with Crippen molar-refractivity contribution in [2.24, 2.45) is 0 Å². The molecule has 0 saturated carbocycles. The smallest absolute Gasteiger partial charge is 0.204 e. The van der Waals surface area contributed by atoms with Crippen molar-refractivity contribution in [1.29, 1.82) is 0 Å². The Hall–Kier alpha value is -0.420. The molecule has 5 heteroatoms. The molecule has 1 aromatic rings. The zero-order valence-corrected chi connectivity index (χ0v) is 12.5. The lowest BCUT2D eigenvalue weighted by atomic mass is 10.1. The Morgan fingerprint density at radius 2 is 2.06 bits per heavy atom. The van der Waals surface area contributed by atoms with Crippen LogP contribution in [0.15, 0.2) is 4.47 Å². The molecule has 1 N–H and O–H groups in total. The van der Waals surface area contributed by atoms with Gasteiger partial charge >= 0.3 is 0 Å². The van der Waals surface area contributed by atoms with Crippen molar-refractivity contribution in [3.8, 4) is 0 Å². The van der Waals surface area contributed by atoms with Crippen LogP contribution in [0.4, 0.5) is 5.95 Å². The molecule has 1 aliphatic heterocycles. The second kappa shape index (κ2) is 5.96. The highest BCUT2D eigenvalue weighted by Gasteiger charge is 2.14. The van der Waals surface area contributed by atoms with Crippen LogP contribution in [-0.2, 0) is 6.42 Å². The zero-order valence-electron chi connectivity index (χ0n) is 10.1. The highest BCUT2D eigenvalue weighted by Crippen LogP contribution is 2.22. The molecule has 0 atom stereocenters. The summed E-state index contributed by atoms with van der Waals surface area (Å²) in [7, 11) is 0. The summed E-state index contributed by atoms with van der Waals surface area (Å²) in [6.45, 7) is 4.35. The fraction of sp³-hybridized carbons (Fsp3) is 0.667. The first kappa shape index (κ1) is 13.0. The summed E-state index contributed by atoms with van der Waals surface area (Å²) in [5, 5.41) is 0. The average Bonchev–Trinajstić information content (AvgIpc) is 2.36. The summed E-state index contributed by atoms with van der Waals surface area (Å²) >= 11 is 8.83. The van der Waals surface area contributed by atoms with Crippen molar-refractivity contribution in [3.05, 3.63) is 14.8 Å². The molecule has 1 aromatic heterocycles. The third kappa shape index (κ3) is 3.07. The molecule has 94 valence electrons. The molecule has 3 nitrogen and oxygen atoms in total. The first-order chi connectivity index (χ1) is 8.22. The topological polar surface area (TPSA) is 31.9 Å². The predicted octanol–water partition coefficient (Wildman–Crippen LogP) is 3.84. The van der Waals surface area contributed by atoms with Gasteiger partial charge in [0, 0.05) is 18.8 Å². The Labute approximate surface area is 116 Å². The summed E-state index contributed by atoms with van der Waals surface area (Å²) in [5.41, 5.74) is 1.17. The van der Waals surface area contributed by atoms with E-state index in [0.29, 0.717) is 4.64 Å². The largest absolute Gasteiger partial charge is 0.342 e. The Morgan fingerprint density at radius 3 is 2.71 bits per heavy atom. The summed E-state index contributed by atoms with van der Waals surface area (Å²) < 4.78 is 1.63. The molecule has 1 fully saturated rings. The lowest BCUT2D eigenvalue weighted by Gasteiger charge is -2.27. The van der Waals surface area contributed by atoms with Crippen LogP contribution in [-0.4, -0.2) is 23.1 Å². The van der Waals surface area contributed by atoms with Crippen LogP contribution in [0.25, 0.3) is 0 Å². The second-order valence-electron chi connectivity index (χ2n) is 4.46. The highest BCUT2D eigenvalue weighted by atomic mass is 79.9. The Balaban J connectivity index is 2.30. The van der Waals surface area contributed by atoms with Gasteiger partial charge in [0.2, 0.25) is 5.95 Å². The van der Waals surface area contributed by atoms with Crippen LogP contribution in [0.1, 0.15) is 38.3 Å². The molecule has 0 spiro atoms. The molecule has 0 aliphatic carbocycles. The Morgan fingerprint density at radius 1 is 1.35 bits per heavy atom. The molecule has 0 aromatic carbocycles. The molecule has 0 amide bonds. The number of aromatic amines is 1. The number of anilines is 1. The van der Waals surface area contributed by atoms with Gasteiger partial charge in [0.25, 0.3) is 0 Å². The molecule has 0 radical (unpaired) electrons. The van der Waals surface area contributed by atoms with Crippen LogP contribution >= 0.6 is 28.1 Å². The number of aryl methyl sites for hydroxylation is 1. The van der Waals surface area contributed by atoms with Gasteiger partial charge in [-0.3, -0.25) is 0 Å². The Bertz CT molecular complexity index is 438. The molecule has 2 rings (SSSR count). The third-order valence-electron chi connectivity index (χ3n) is 3.08. The van der Waals surface area contributed by atoms with Gasteiger partial charge < -0.3 is 9.88 Å². The fourth-order valence-corrected chi connectivity index (χ4v) is 2.77. The van der Waals surface area contributed by atoms with Crippen molar-refractivity contribution in [2.45, 2.75) is 39.0 Å². The van der Waals surface area contributed by atoms with Gasteiger partial charge in [0.1, 0.15) is 4.64 Å². The lowest BCUT2D eigenvalue weighted by Crippen LogP contribution is -2.31. The van der Waals surface area contributed by atoms with Crippen LogP contribution in [0.2, 0.25) is 0 Å². The van der Waals surface area contributed by atoms with E-state index in [9.17, 15) is 0 Å². The summed E-state index contributed by atoms with van der Waals surface area (Å²) in [4.78, 5) is 10.2. The van der Waals surface area contributed by atoms with E-state index >= 15 is 0 Å². The number of halogens is 1. The number of nitrogens with zero attached hydrogens (tertiary/aromatic N) is 2. The minimum atomic E-state index is 0.674. The SMILES string of the molecule is CCCc1[nH]c(N2CCCCC2)nc(=S)c1Br. The van der Waals surface area contributed by atoms with E-state index in [2.05, 4.69) is 37.7 Å². The van der Waals surface area contributed by atoms with Crippen molar-refractivity contribution < 1.29 is 0 Å². The second-order valence-corrected chi connectivity index (χ2v) is 5.64. The zero-order chi connectivity index (χ0) is 12.3. The van der Waals surface area contributed by atoms with E-state index in [-0.39, 0.29) is 0 Å². The number of nitrogens with one attached hydrogen (secondary N) is 1. The van der Waals surface area contributed by atoms with E-state index in [1.807, 2.05) is 0 Å². The third-order valence-corrected chi connectivity index (χ3v) is 4.49. The van der Waals surface area contributed by atoms with Gasteiger partial charge in [-0.2, -0.15) is 0 Å². The van der Waals surface area contributed by atoms with E-state index in [1.54, 1.807) is 0 Å². The predicted molar refractivity (Wildman–Crippen MR) is 77.2 cm³/mol. The number of H-pyrrole nitrogens is 1. The number of piperidine rings is 1. The Kier molecular flexibility index (Phi) is 4.56. The monoisotopic (exact) mass is 315 g/mol. The molecule has 0 bridgehead atoms. The summed E-state index contributed by atoms with van der Waals surface area (Å²) in [6.07, 6.45) is 5.94. The molecule has 1 saturated heterocycles. The van der Waals surface area contributed by atoms with Crippen molar-refractivity contribution in [3.63, 3.8) is 0 Å². The minimum Gasteiger partial charge on any atom is -0.342 e. The molecule has 0 unspecified atom stereocenters. The molecular weight excluding hydrogens is 298 g/mol. The first-order valence-electron chi connectivity index (χ1n) is 6.26. The molecule has 2 heterocycles. The van der Waals surface area contributed by atoms with Crippen LogP contribution in [0.5, 0.6) is 0 Å². The van der Waals surface area contributed by atoms with Crippen molar-refractivity contribution in [1.82, 2.24) is 9.97 Å². The van der Waals surface area contributed by atoms with Gasteiger partial charge in [0.15, 0.2) is 0 Å². The van der Waals surface area contributed by atoms with Gasteiger partial charge in [-0.15, -0.1) is 0 Å². The van der Waals surface area contributed by atoms with Gasteiger partial charge in [-0.1, -0.05) is 25.6 Å². The fourth-order valence-electron chi connectivity index (χ4n) is 2.17. The quantitative estimate of drug-likeness (QED) is 0.860. The number of hydrogen-bond acceptors (Lipinski definition) is 3. The summed E-state index contributed by atoms with van der Waals surface area (Å²) in [6, 6.07) is 0. The number of hydrogen-bond donors (Lipinski definition) is 1. The summed E-state index contributed by atoms with van der Waals surface area (Å²) in [5.74, 6) is 0.946. The van der Waals surface area contributed by atoms with Crippen molar-refractivity contribution >= 4 is 34.1 Å². The number of aromatic nitrogens is 2. The molecule has 17 heavy (non-hydrogen) atoms. The normalized spacial score (nSPS) is 16.2. The van der Waals surface area contributed by atoms with Crippen LogP contribution in [0, 0.1) is 4.64 Å². The van der Waals surface area contributed by atoms with Crippen molar-refractivity contribution in [2.75, 3.05) is 18.0 Å². The highest BCUT2D eigenvalue weighted by molar-refractivity contribution is 9.10. The van der Waals surface area contributed by atoms with Crippen LogP contribution in [0.3, 0.4) is 0 Å². The van der Waals surface area contributed by atoms with E-state index in [4.69, 9.17) is 12.2 Å². The van der Waals surface area contributed by atoms with Crippen LogP contribution < -0.4 is 4.90 Å². The average molecular weight is 316 g/mol. The lowest BCUT2D eigenvalue weighted by molar-refractivity contribution is 0.566. The molecule has 1 aliphatic rings. The van der Waals surface area contributed by atoms with E-state index < -0.39 is 0 Å². The minimum absolute atomic E-state index is 0.674. The standard InChI is InChI=1S/C12H18BrN3S/c1-2-6-9-10(13)11(17)15-12(14-9)16-7-4-3-5-8-16/h2-8H2,1H3,(H,14,15,17). The van der Waals surface area contributed by atoms with Gasteiger partial charge in [0.05, 0.1) is 4.47 Å². The van der Waals surface area contributed by atoms with E-state index in [1.165, 1.54) is 25.0 Å². The van der Waals surface area contributed by atoms with Gasteiger partial charge in [-0.25, -0.2) is 4.98 Å². The maximum absolute atomic E-state index is 5.31. The first-order valence-corrected chi connectivity index (χ1v) is 7.46. The maximum Gasteiger partial charge on any atom is 0.204 e. The molecular formula is C12H18BrN3S. The maximum atomic E-state index is 5.31. The number of rotatable bonds is 3. The van der Waals surface area contributed by atoms with E-state index in [0.717, 1.165) is 36.4 Å².